The Bertz CT molecular complexity index is 2830. The zero-order valence-corrected chi connectivity index (χ0v) is 50.6. The molecule has 1 aromatic heterocycles. The molecule has 3 aromatic rings. The number of aliphatic carboxylic acids is 1. The number of likely N-dealkylation sites (tertiary alicyclic amines) is 1. The Labute approximate surface area is 513 Å². The molecule has 0 spiro atoms. The van der Waals surface area contributed by atoms with Gasteiger partial charge in [-0.3, -0.25) is 47.9 Å². The summed E-state index contributed by atoms with van der Waals surface area (Å²) in [5, 5.41) is 72.7. The van der Waals surface area contributed by atoms with Crippen LogP contribution in [-0.2, 0) is 72.0 Å². The van der Waals surface area contributed by atoms with Crippen LogP contribution >= 0.6 is 25.3 Å². The van der Waals surface area contributed by atoms with Gasteiger partial charge in [0, 0.05) is 49.2 Å². The number of nitrogens with two attached hydrogens (primary N) is 1. The minimum atomic E-state index is -1.76. The number of amides is 10. The molecule has 10 amide bonds. The van der Waals surface area contributed by atoms with Gasteiger partial charge in [0.1, 0.15) is 65.9 Å². The van der Waals surface area contributed by atoms with E-state index in [9.17, 15) is 78.3 Å². The summed E-state index contributed by atoms with van der Waals surface area (Å²) in [7, 11) is 0. The molecular weight excluding hydrogens is 1170 g/mol. The lowest BCUT2D eigenvalue weighted by Gasteiger charge is -2.29. The third-order valence-electron chi connectivity index (χ3n) is 13.8. The summed E-state index contributed by atoms with van der Waals surface area (Å²) >= 11 is 8.40. The first-order chi connectivity index (χ1) is 41.1. The monoisotopic (exact) mass is 1260 g/mol. The van der Waals surface area contributed by atoms with Crippen molar-refractivity contribution in [1.82, 2.24) is 62.7 Å². The van der Waals surface area contributed by atoms with Crippen molar-refractivity contribution in [2.45, 2.75) is 146 Å². The first kappa shape index (κ1) is 71.5. The van der Waals surface area contributed by atoms with Gasteiger partial charge in [0.2, 0.25) is 59.1 Å². The predicted octanol–water partition coefficient (Wildman–Crippen LogP) is -3.43. The van der Waals surface area contributed by atoms with Crippen LogP contribution in [0.2, 0.25) is 0 Å². The average molecular weight is 1260 g/mol. The van der Waals surface area contributed by atoms with Crippen LogP contribution in [0, 0.1) is 11.8 Å². The van der Waals surface area contributed by atoms with Gasteiger partial charge in [-0.2, -0.15) is 25.3 Å². The molecule has 2 heterocycles. The van der Waals surface area contributed by atoms with Gasteiger partial charge in [-0.15, -0.1) is 0 Å². The van der Waals surface area contributed by atoms with Crippen LogP contribution in [0.15, 0.2) is 61.1 Å². The van der Waals surface area contributed by atoms with Crippen LogP contribution in [0.3, 0.4) is 0 Å². The molecule has 0 unspecified atom stereocenters. The molecule has 0 radical (unpaired) electrons. The second-order valence-corrected chi connectivity index (χ2v) is 22.6. The maximum absolute atomic E-state index is 14.4. The second kappa shape index (κ2) is 35.0. The van der Waals surface area contributed by atoms with Crippen molar-refractivity contribution in [3.05, 3.63) is 77.9 Å². The number of benzene rings is 2. The summed E-state index contributed by atoms with van der Waals surface area (Å²) in [6.07, 6.45) is 1.59. The Hall–Kier alpha value is -8.00. The maximum atomic E-state index is 14.4. The molecular formula is C56H81N13O16S2. The lowest BCUT2D eigenvalue weighted by atomic mass is 10.0. The number of thiol groups is 2. The number of aromatic nitrogens is 2. The third-order valence-corrected chi connectivity index (χ3v) is 14.5. The van der Waals surface area contributed by atoms with Crippen LogP contribution in [0.5, 0.6) is 11.5 Å². The van der Waals surface area contributed by atoms with Gasteiger partial charge in [-0.1, -0.05) is 52.0 Å². The van der Waals surface area contributed by atoms with Crippen LogP contribution in [0.4, 0.5) is 0 Å². The van der Waals surface area contributed by atoms with Gasteiger partial charge in [-0.25, -0.2) is 9.78 Å². The van der Waals surface area contributed by atoms with Gasteiger partial charge in [0.15, 0.2) is 0 Å². The SMILES string of the molecule is CC(C)C[C@H](NC(=O)[C@H](CS)NC(=O)[C@@H](NC(=O)CNC(=O)[C@H](Cc1ccc(O)cc1)NC(=O)[C@H](Cc1ccc(O)cc1)NC(=O)[C@H](CO)NC(=O)[C@H](CS)NC(=O)[C@@H]1CCCN1C(=O)[C@@H](N)CC(C)C)[C@@H](C)O)C(=O)N[C@@H](Cc1cnc[nH]1)C(=O)O. The number of H-pyrrole nitrogens is 1. The van der Waals surface area contributed by atoms with Crippen LogP contribution in [-0.4, -0.2) is 203 Å². The second-order valence-electron chi connectivity index (χ2n) is 21.9. The van der Waals surface area contributed by atoms with E-state index < -0.39 is 145 Å². The molecule has 4 rings (SSSR count). The zero-order valence-electron chi connectivity index (χ0n) is 48.9. The van der Waals surface area contributed by atoms with Gasteiger partial charge in [0.25, 0.3) is 0 Å². The fourth-order valence-electron chi connectivity index (χ4n) is 9.19. The Morgan fingerprint density at radius 2 is 1.09 bits per heavy atom. The van der Waals surface area contributed by atoms with Crippen molar-refractivity contribution in [3.63, 3.8) is 0 Å². The normalized spacial score (nSPS) is 16.5. The average Bonchev–Trinajstić information content (AvgIpc) is 3.81. The number of nitrogens with zero attached hydrogens (tertiary/aromatic N) is 2. The number of carboxylic acid groups (broad SMARTS) is 1. The number of carbonyl (C=O) groups excluding carboxylic acids is 10. The van der Waals surface area contributed by atoms with E-state index in [1.54, 1.807) is 13.8 Å². The molecule has 1 aliphatic rings. The molecule has 0 aliphatic carbocycles. The molecule has 29 nitrogen and oxygen atoms in total. The van der Waals surface area contributed by atoms with Crippen LogP contribution in [0.25, 0.3) is 0 Å². The fraction of sp³-hybridized carbons (Fsp3) is 0.536. The van der Waals surface area contributed by atoms with Crippen molar-refractivity contribution in [2.24, 2.45) is 17.6 Å². The number of nitrogens with one attached hydrogen (secondary N) is 10. The lowest BCUT2D eigenvalue weighted by molar-refractivity contribution is -0.142. The molecule has 87 heavy (non-hydrogen) atoms. The molecule has 31 heteroatoms. The Morgan fingerprint density at radius 3 is 1.59 bits per heavy atom. The number of hydrogen-bond acceptors (Lipinski definition) is 19. The van der Waals surface area contributed by atoms with E-state index >= 15 is 0 Å². The Morgan fingerprint density at radius 1 is 0.621 bits per heavy atom. The quantitative estimate of drug-likeness (QED) is 0.0259. The van der Waals surface area contributed by atoms with Crippen molar-refractivity contribution in [3.8, 4) is 11.5 Å². The number of phenolic OH excluding ortho intramolecular Hbond substituents is 2. The summed E-state index contributed by atoms with van der Waals surface area (Å²) in [5.41, 5.74) is 7.32. The standard InChI is InChI=1S/C56H81N13O16S2/c1-28(2)17-36(57)55(83)69-16-6-7-44(69)53(81)66-42(25-86)52(80)65-41(24-70)50(78)63-39(20-32-10-14-35(73)15-11-32)49(77)62-38(19-31-8-12-34(72)13-9-31)47(75)59-23-45(74)68-46(30(5)71)54(82)67-43(26-87)51(79)61-37(18-29(3)4)48(76)64-40(56(84)85)21-33-22-58-27-60-33/h8-15,22,27-30,36-44,46,70-73,86-87H,6-7,16-21,23-26,57H2,1-5H3,(H,58,60)(H,59,75)(H,61,79)(H,62,77)(H,63,78)(H,64,76)(H,65,80)(H,66,81)(H,67,82)(H,68,74)(H,84,85)/t30-,36+,37+,38+,39+,40+,41+,42+,43+,44+,46+/m1/s1. The van der Waals surface area contributed by atoms with Crippen molar-refractivity contribution >= 4 is 90.3 Å². The maximum Gasteiger partial charge on any atom is 0.326 e. The highest BCUT2D eigenvalue weighted by atomic mass is 32.1. The highest BCUT2D eigenvalue weighted by Gasteiger charge is 2.39. The van der Waals surface area contributed by atoms with E-state index in [0.717, 1.165) is 6.92 Å². The molecule has 1 fully saturated rings. The number of phenols is 2. The summed E-state index contributed by atoms with van der Waals surface area (Å²) < 4.78 is 0. The van der Waals surface area contributed by atoms with E-state index in [1.807, 2.05) is 13.8 Å². The number of aliphatic hydroxyl groups is 2. The van der Waals surface area contributed by atoms with Gasteiger partial charge in [0.05, 0.1) is 31.6 Å². The molecule has 478 valence electrons. The minimum absolute atomic E-state index is 0.0479. The Balaban J connectivity index is 1.47. The number of rotatable bonds is 34. The fourth-order valence-corrected chi connectivity index (χ4v) is 9.71. The van der Waals surface area contributed by atoms with Crippen molar-refractivity contribution in [2.75, 3.05) is 31.2 Å². The highest BCUT2D eigenvalue weighted by Crippen LogP contribution is 2.21. The van der Waals surface area contributed by atoms with E-state index in [2.05, 4.69) is 83.1 Å². The molecule has 1 aliphatic heterocycles. The number of carboxylic acids is 1. The third kappa shape index (κ3) is 23.0. The molecule has 17 N–H and O–H groups in total. The van der Waals surface area contributed by atoms with Crippen molar-refractivity contribution < 1.29 is 78.3 Å². The number of aromatic hydroxyl groups is 2. The van der Waals surface area contributed by atoms with E-state index in [0.29, 0.717) is 36.1 Å². The summed E-state index contributed by atoms with van der Waals surface area (Å²) in [6, 6.07) is -2.99. The van der Waals surface area contributed by atoms with Gasteiger partial charge < -0.3 is 89.0 Å². The predicted molar refractivity (Wildman–Crippen MR) is 320 cm³/mol. The molecule has 2 aromatic carbocycles. The smallest absolute Gasteiger partial charge is 0.326 e. The molecule has 0 bridgehead atoms. The number of aliphatic hydroxyl groups excluding tert-OH is 2. The lowest BCUT2D eigenvalue weighted by Crippen LogP contribution is -2.61. The number of aromatic amines is 1. The van der Waals surface area contributed by atoms with E-state index in [-0.39, 0.29) is 67.1 Å². The molecule has 11 atom stereocenters. The summed E-state index contributed by atoms with van der Waals surface area (Å²) in [5.74, 6) is -11.4. The van der Waals surface area contributed by atoms with E-state index in [4.69, 9.17) is 5.73 Å². The minimum Gasteiger partial charge on any atom is -0.508 e. The summed E-state index contributed by atoms with van der Waals surface area (Å²) in [6.45, 7) is 6.85. The van der Waals surface area contributed by atoms with E-state index in [1.165, 1.54) is 66.0 Å². The number of imidazole rings is 1. The van der Waals surface area contributed by atoms with Gasteiger partial charge in [-0.05, 0) is 79.8 Å². The zero-order chi connectivity index (χ0) is 64.7. The first-order valence-corrected chi connectivity index (χ1v) is 29.4. The van der Waals surface area contributed by atoms with Gasteiger partial charge >= 0.3 is 5.97 Å². The van der Waals surface area contributed by atoms with Crippen LogP contribution < -0.4 is 53.6 Å². The van der Waals surface area contributed by atoms with Crippen LogP contribution in [0.1, 0.15) is 77.1 Å². The Kier molecular flexibility index (Phi) is 28.7. The summed E-state index contributed by atoms with van der Waals surface area (Å²) in [4.78, 5) is 157. The first-order valence-electron chi connectivity index (χ1n) is 28.2. The number of hydrogen-bond donors (Lipinski definition) is 18. The molecule has 1 saturated heterocycles. The highest BCUT2D eigenvalue weighted by molar-refractivity contribution is 7.80. The number of carbonyl (C=O) groups is 11. The van der Waals surface area contributed by atoms with Crippen molar-refractivity contribution in [1.29, 1.82) is 0 Å². The molecule has 0 saturated carbocycles. The largest absolute Gasteiger partial charge is 0.508 e. The topological polar surface area (TPSA) is 455 Å².